The molecule has 3 N–H and O–H groups in total. The number of hydrogen-bond donors (Lipinski definition) is 2. The van der Waals surface area contributed by atoms with Crippen molar-refractivity contribution in [2.75, 3.05) is 13.1 Å². The van der Waals surface area contributed by atoms with Gasteiger partial charge in [0.1, 0.15) is 5.01 Å². The van der Waals surface area contributed by atoms with E-state index in [0.29, 0.717) is 25.2 Å². The molecule has 2 unspecified atom stereocenters. The molecule has 1 aliphatic rings. The molecule has 0 aromatic carbocycles. The third-order valence-electron chi connectivity index (χ3n) is 3.41. The maximum absolute atomic E-state index is 12.2. The van der Waals surface area contributed by atoms with Gasteiger partial charge in [0.15, 0.2) is 0 Å². The van der Waals surface area contributed by atoms with Gasteiger partial charge in [-0.1, -0.05) is 0 Å². The zero-order valence-electron chi connectivity index (χ0n) is 11.4. The number of carbonyl (C=O) groups is 2. The van der Waals surface area contributed by atoms with Crippen LogP contribution in [0.25, 0.3) is 0 Å². The Kier molecular flexibility index (Phi) is 4.72. The van der Waals surface area contributed by atoms with Crippen molar-refractivity contribution in [2.45, 2.75) is 32.2 Å². The monoisotopic (exact) mass is 297 g/mol. The Morgan fingerprint density at radius 3 is 3.00 bits per heavy atom. The van der Waals surface area contributed by atoms with E-state index in [1.165, 1.54) is 11.3 Å². The largest absolute Gasteiger partial charge is 0.481 e. The molecule has 1 aliphatic heterocycles. The van der Waals surface area contributed by atoms with Crippen LogP contribution in [0.2, 0.25) is 0 Å². The van der Waals surface area contributed by atoms with E-state index in [4.69, 9.17) is 10.8 Å². The van der Waals surface area contributed by atoms with Crippen molar-refractivity contribution < 1.29 is 14.7 Å². The number of nitrogens with zero attached hydrogens (tertiary/aromatic N) is 2. The molecule has 1 saturated heterocycles. The zero-order chi connectivity index (χ0) is 14.7. The summed E-state index contributed by atoms with van der Waals surface area (Å²) in [5.74, 6) is -1.32. The van der Waals surface area contributed by atoms with E-state index >= 15 is 0 Å². The summed E-state index contributed by atoms with van der Waals surface area (Å²) in [4.78, 5) is 29.1. The molecule has 0 aliphatic carbocycles. The van der Waals surface area contributed by atoms with Gasteiger partial charge in [0.25, 0.3) is 0 Å². The number of aliphatic carboxylic acids is 1. The van der Waals surface area contributed by atoms with Crippen LogP contribution in [0.1, 0.15) is 36.5 Å². The van der Waals surface area contributed by atoms with E-state index in [0.717, 1.165) is 11.4 Å². The Labute approximate surface area is 121 Å². The highest BCUT2D eigenvalue weighted by Gasteiger charge is 2.28. The van der Waals surface area contributed by atoms with Crippen molar-refractivity contribution in [3.63, 3.8) is 0 Å². The molecule has 2 rings (SSSR count). The van der Waals surface area contributed by atoms with Gasteiger partial charge < -0.3 is 15.7 Å². The van der Waals surface area contributed by atoms with E-state index in [1.54, 1.807) is 4.90 Å². The summed E-state index contributed by atoms with van der Waals surface area (Å²) in [5.41, 5.74) is 6.45. The third-order valence-corrected chi connectivity index (χ3v) is 4.51. The number of carbonyl (C=O) groups excluding carboxylic acids is 1. The standard InChI is InChI=1S/C13H19N3O3S/c1-8(14)12-15-10(7-20-12)5-11(17)16-4-2-3-9(6-16)13(18)19/h7-9H,2-6,14H2,1H3,(H,18,19). The van der Waals surface area contributed by atoms with Crippen LogP contribution in [0.5, 0.6) is 0 Å². The van der Waals surface area contributed by atoms with Gasteiger partial charge in [0.05, 0.1) is 24.1 Å². The highest BCUT2D eigenvalue weighted by Crippen LogP contribution is 2.19. The molecule has 2 heterocycles. The number of thiazole rings is 1. The number of carboxylic acids is 1. The number of piperidine rings is 1. The molecule has 6 nitrogen and oxygen atoms in total. The van der Waals surface area contributed by atoms with Gasteiger partial charge in [0, 0.05) is 18.5 Å². The normalized spacial score (nSPS) is 20.7. The second kappa shape index (κ2) is 6.32. The van der Waals surface area contributed by atoms with Crippen molar-refractivity contribution in [3.05, 3.63) is 16.1 Å². The van der Waals surface area contributed by atoms with Gasteiger partial charge in [-0.2, -0.15) is 0 Å². The van der Waals surface area contributed by atoms with E-state index in [-0.39, 0.29) is 18.4 Å². The number of amides is 1. The molecule has 0 bridgehead atoms. The Morgan fingerprint density at radius 1 is 1.65 bits per heavy atom. The number of aromatic nitrogens is 1. The predicted octanol–water partition coefficient (Wildman–Crippen LogP) is 1.03. The maximum atomic E-state index is 12.2. The van der Waals surface area contributed by atoms with Crippen LogP contribution in [0, 0.1) is 5.92 Å². The first kappa shape index (κ1) is 14.9. The Hall–Kier alpha value is -1.47. The third kappa shape index (κ3) is 3.55. The first-order valence-electron chi connectivity index (χ1n) is 6.68. The van der Waals surface area contributed by atoms with Crippen LogP contribution in [0.15, 0.2) is 5.38 Å². The lowest BCUT2D eigenvalue weighted by atomic mass is 9.98. The molecule has 1 aromatic rings. The average Bonchev–Trinajstić information content (AvgIpc) is 2.87. The second-order valence-corrected chi connectivity index (χ2v) is 6.05. The van der Waals surface area contributed by atoms with Crippen molar-refractivity contribution in [1.82, 2.24) is 9.88 Å². The van der Waals surface area contributed by atoms with Gasteiger partial charge in [-0.3, -0.25) is 9.59 Å². The molecule has 0 radical (unpaired) electrons. The smallest absolute Gasteiger partial charge is 0.308 e. The second-order valence-electron chi connectivity index (χ2n) is 5.16. The quantitative estimate of drug-likeness (QED) is 0.865. The van der Waals surface area contributed by atoms with E-state index < -0.39 is 11.9 Å². The van der Waals surface area contributed by atoms with Crippen molar-refractivity contribution >= 4 is 23.2 Å². The molecule has 110 valence electrons. The highest BCUT2D eigenvalue weighted by atomic mass is 32.1. The fourth-order valence-corrected chi connectivity index (χ4v) is 3.06. The van der Waals surface area contributed by atoms with Gasteiger partial charge >= 0.3 is 5.97 Å². The van der Waals surface area contributed by atoms with Crippen LogP contribution >= 0.6 is 11.3 Å². The summed E-state index contributed by atoms with van der Waals surface area (Å²) in [5, 5.41) is 11.7. The fraction of sp³-hybridized carbons (Fsp3) is 0.615. The molecule has 1 amide bonds. The van der Waals surface area contributed by atoms with Crippen molar-refractivity contribution in [3.8, 4) is 0 Å². The van der Waals surface area contributed by atoms with Gasteiger partial charge in [-0.25, -0.2) is 4.98 Å². The minimum absolute atomic E-state index is 0.0579. The molecule has 2 atom stereocenters. The summed E-state index contributed by atoms with van der Waals surface area (Å²) in [6.45, 7) is 2.79. The number of rotatable bonds is 4. The van der Waals surface area contributed by atoms with Crippen molar-refractivity contribution in [1.29, 1.82) is 0 Å². The lowest BCUT2D eigenvalue weighted by Crippen LogP contribution is -2.43. The number of hydrogen-bond acceptors (Lipinski definition) is 5. The number of nitrogens with two attached hydrogens (primary N) is 1. The molecule has 0 spiro atoms. The molecule has 7 heteroatoms. The fourth-order valence-electron chi connectivity index (χ4n) is 2.28. The SMILES string of the molecule is CC(N)c1nc(CC(=O)N2CCCC(C(=O)O)C2)cs1. The molecule has 1 aromatic heterocycles. The van der Waals surface area contributed by atoms with Crippen LogP contribution in [0.3, 0.4) is 0 Å². The van der Waals surface area contributed by atoms with E-state index in [1.807, 2.05) is 12.3 Å². The summed E-state index contributed by atoms with van der Waals surface area (Å²) in [7, 11) is 0. The topological polar surface area (TPSA) is 96.5 Å². The number of likely N-dealkylation sites (tertiary alicyclic amines) is 1. The summed E-state index contributed by atoms with van der Waals surface area (Å²) in [6.07, 6.45) is 1.60. The zero-order valence-corrected chi connectivity index (χ0v) is 12.2. The maximum Gasteiger partial charge on any atom is 0.308 e. The van der Waals surface area contributed by atoms with Crippen LogP contribution in [-0.4, -0.2) is 40.0 Å². The van der Waals surface area contributed by atoms with Gasteiger partial charge in [0.2, 0.25) is 5.91 Å². The lowest BCUT2D eigenvalue weighted by molar-refractivity contribution is -0.145. The van der Waals surface area contributed by atoms with E-state index in [2.05, 4.69) is 4.98 Å². The van der Waals surface area contributed by atoms with E-state index in [9.17, 15) is 9.59 Å². The molecule has 20 heavy (non-hydrogen) atoms. The first-order valence-corrected chi connectivity index (χ1v) is 7.55. The summed E-state index contributed by atoms with van der Waals surface area (Å²) in [6, 6.07) is -0.129. The molecule has 0 saturated carbocycles. The Morgan fingerprint density at radius 2 is 2.40 bits per heavy atom. The van der Waals surface area contributed by atoms with Crippen LogP contribution < -0.4 is 5.73 Å². The Bertz CT molecular complexity index is 501. The highest BCUT2D eigenvalue weighted by molar-refractivity contribution is 7.09. The van der Waals surface area contributed by atoms with Gasteiger partial charge in [-0.05, 0) is 19.8 Å². The average molecular weight is 297 g/mol. The minimum Gasteiger partial charge on any atom is -0.481 e. The summed E-state index contributed by atoms with van der Waals surface area (Å²) < 4.78 is 0. The predicted molar refractivity (Wildman–Crippen MR) is 75.4 cm³/mol. The van der Waals surface area contributed by atoms with Crippen LogP contribution in [0.4, 0.5) is 0 Å². The lowest BCUT2D eigenvalue weighted by Gasteiger charge is -2.30. The molecular formula is C13H19N3O3S. The van der Waals surface area contributed by atoms with Crippen LogP contribution in [-0.2, 0) is 16.0 Å². The summed E-state index contributed by atoms with van der Waals surface area (Å²) >= 11 is 1.45. The van der Waals surface area contributed by atoms with Gasteiger partial charge in [-0.15, -0.1) is 11.3 Å². The Balaban J connectivity index is 1.95. The number of carboxylic acid groups (broad SMARTS) is 1. The first-order chi connectivity index (χ1) is 9.47. The minimum atomic E-state index is -0.824. The molecule has 1 fully saturated rings. The molecular weight excluding hydrogens is 278 g/mol. The van der Waals surface area contributed by atoms with Crippen molar-refractivity contribution in [2.24, 2.45) is 11.7 Å².